The Morgan fingerprint density at radius 2 is 1.92 bits per heavy atom. The van der Waals surface area contributed by atoms with Gasteiger partial charge in [0.2, 0.25) is 0 Å². The maximum absolute atomic E-state index is 11.1. The monoisotopic (exact) mass is 364 g/mol. The SMILES string of the molecule is CCCCC/C=C\C/C=C\CC(O)/C=C/C1OC1CCC(C)(C)C(=O)O. The van der Waals surface area contributed by atoms with Gasteiger partial charge in [0.05, 0.1) is 17.6 Å². The Morgan fingerprint density at radius 1 is 1.19 bits per heavy atom. The molecule has 0 amide bonds. The zero-order chi connectivity index (χ0) is 19.4. The molecule has 2 N–H and O–H groups in total. The van der Waals surface area contributed by atoms with Crippen LogP contribution in [0.25, 0.3) is 0 Å². The van der Waals surface area contributed by atoms with Crippen molar-refractivity contribution in [2.24, 2.45) is 5.41 Å². The van der Waals surface area contributed by atoms with Gasteiger partial charge in [-0.1, -0.05) is 56.2 Å². The van der Waals surface area contributed by atoms with E-state index in [1.54, 1.807) is 19.9 Å². The number of hydrogen-bond acceptors (Lipinski definition) is 3. The number of carboxylic acid groups (broad SMARTS) is 1. The van der Waals surface area contributed by atoms with E-state index in [1.807, 2.05) is 12.2 Å². The van der Waals surface area contributed by atoms with Gasteiger partial charge >= 0.3 is 5.97 Å². The third kappa shape index (κ3) is 9.93. The second-order valence-electron chi connectivity index (χ2n) is 7.73. The number of carbonyl (C=O) groups is 1. The largest absolute Gasteiger partial charge is 0.481 e. The van der Waals surface area contributed by atoms with E-state index in [2.05, 4.69) is 25.2 Å². The van der Waals surface area contributed by atoms with Crippen molar-refractivity contribution in [3.8, 4) is 0 Å². The van der Waals surface area contributed by atoms with Gasteiger partial charge in [0, 0.05) is 0 Å². The Hall–Kier alpha value is -1.39. The van der Waals surface area contributed by atoms with Crippen molar-refractivity contribution >= 4 is 5.97 Å². The molecule has 0 aromatic rings. The van der Waals surface area contributed by atoms with Gasteiger partial charge in [0.1, 0.15) is 6.10 Å². The molecular weight excluding hydrogens is 328 g/mol. The highest BCUT2D eigenvalue weighted by molar-refractivity contribution is 5.73. The van der Waals surface area contributed by atoms with E-state index in [0.29, 0.717) is 12.8 Å². The van der Waals surface area contributed by atoms with E-state index in [9.17, 15) is 9.90 Å². The third-order valence-corrected chi connectivity index (χ3v) is 4.73. The number of aliphatic hydroxyl groups is 1. The van der Waals surface area contributed by atoms with Crippen LogP contribution in [0.3, 0.4) is 0 Å². The van der Waals surface area contributed by atoms with Gasteiger partial charge in [-0.05, 0) is 52.4 Å². The van der Waals surface area contributed by atoms with Crippen LogP contribution in [-0.4, -0.2) is 34.5 Å². The van der Waals surface area contributed by atoms with Crippen molar-refractivity contribution in [3.63, 3.8) is 0 Å². The summed E-state index contributed by atoms with van der Waals surface area (Å²) in [6.45, 7) is 5.68. The van der Waals surface area contributed by atoms with Crippen LogP contribution in [-0.2, 0) is 9.53 Å². The number of hydrogen-bond donors (Lipinski definition) is 2. The third-order valence-electron chi connectivity index (χ3n) is 4.73. The van der Waals surface area contributed by atoms with Crippen LogP contribution in [0.15, 0.2) is 36.5 Å². The molecule has 0 spiro atoms. The average Bonchev–Trinajstić information content (AvgIpc) is 3.35. The van der Waals surface area contributed by atoms with E-state index < -0.39 is 17.5 Å². The van der Waals surface area contributed by atoms with Gasteiger partial charge < -0.3 is 14.9 Å². The minimum Gasteiger partial charge on any atom is -0.481 e. The van der Waals surface area contributed by atoms with Crippen molar-refractivity contribution in [1.29, 1.82) is 0 Å². The summed E-state index contributed by atoms with van der Waals surface area (Å²) in [5.41, 5.74) is -0.713. The van der Waals surface area contributed by atoms with Crippen molar-refractivity contribution in [3.05, 3.63) is 36.5 Å². The van der Waals surface area contributed by atoms with E-state index >= 15 is 0 Å². The van der Waals surface area contributed by atoms with Gasteiger partial charge in [0.25, 0.3) is 0 Å². The zero-order valence-electron chi connectivity index (χ0n) is 16.6. The molecule has 1 aliphatic heterocycles. The minimum atomic E-state index is -0.775. The average molecular weight is 365 g/mol. The van der Waals surface area contributed by atoms with Crippen molar-refractivity contribution < 1.29 is 19.7 Å². The first-order valence-electron chi connectivity index (χ1n) is 9.92. The van der Waals surface area contributed by atoms with Crippen molar-refractivity contribution in [1.82, 2.24) is 0 Å². The molecule has 1 saturated heterocycles. The number of unbranched alkanes of at least 4 members (excludes halogenated alkanes) is 3. The summed E-state index contributed by atoms with van der Waals surface area (Å²) in [6.07, 6.45) is 19.6. The Labute approximate surface area is 158 Å². The van der Waals surface area contributed by atoms with Gasteiger partial charge in [-0.2, -0.15) is 0 Å². The number of epoxide rings is 1. The number of aliphatic carboxylic acids is 1. The molecule has 26 heavy (non-hydrogen) atoms. The topological polar surface area (TPSA) is 70.1 Å². The molecule has 1 heterocycles. The molecule has 0 radical (unpaired) electrons. The highest BCUT2D eigenvalue weighted by Gasteiger charge is 2.38. The predicted molar refractivity (Wildman–Crippen MR) is 106 cm³/mol. The summed E-state index contributed by atoms with van der Waals surface area (Å²) >= 11 is 0. The second-order valence-corrected chi connectivity index (χ2v) is 7.73. The molecule has 0 aromatic heterocycles. The maximum Gasteiger partial charge on any atom is 0.309 e. The minimum absolute atomic E-state index is 0.0179. The van der Waals surface area contributed by atoms with Gasteiger partial charge in [0.15, 0.2) is 0 Å². The molecule has 0 bridgehead atoms. The summed E-state index contributed by atoms with van der Waals surface area (Å²) < 4.78 is 5.52. The molecule has 3 unspecified atom stereocenters. The summed E-state index contributed by atoms with van der Waals surface area (Å²) in [7, 11) is 0. The lowest BCUT2D eigenvalue weighted by atomic mass is 9.87. The van der Waals surface area contributed by atoms with Crippen LogP contribution < -0.4 is 0 Å². The van der Waals surface area contributed by atoms with Crippen LogP contribution in [0, 0.1) is 5.41 Å². The van der Waals surface area contributed by atoms with Gasteiger partial charge in [-0.15, -0.1) is 0 Å². The summed E-state index contributed by atoms with van der Waals surface area (Å²) in [5.74, 6) is -0.775. The molecule has 1 rings (SSSR count). The molecule has 4 heteroatoms. The second kappa shape index (κ2) is 12.1. The molecule has 3 atom stereocenters. The van der Waals surface area contributed by atoms with E-state index in [1.165, 1.54) is 19.3 Å². The fraction of sp³-hybridized carbons (Fsp3) is 0.682. The van der Waals surface area contributed by atoms with Crippen LogP contribution in [0.1, 0.15) is 72.1 Å². The molecule has 1 aliphatic rings. The Morgan fingerprint density at radius 3 is 2.62 bits per heavy atom. The molecule has 0 saturated carbocycles. The fourth-order valence-corrected chi connectivity index (χ4v) is 2.62. The van der Waals surface area contributed by atoms with Crippen LogP contribution in [0.2, 0.25) is 0 Å². The van der Waals surface area contributed by atoms with Gasteiger partial charge in [-0.3, -0.25) is 4.79 Å². The molecule has 148 valence electrons. The normalized spacial score (nSPS) is 21.8. The van der Waals surface area contributed by atoms with E-state index in [4.69, 9.17) is 9.84 Å². The highest BCUT2D eigenvalue weighted by atomic mass is 16.6. The fourth-order valence-electron chi connectivity index (χ4n) is 2.62. The smallest absolute Gasteiger partial charge is 0.309 e. The summed E-state index contributed by atoms with van der Waals surface area (Å²) in [6, 6.07) is 0. The summed E-state index contributed by atoms with van der Waals surface area (Å²) in [5, 5.41) is 19.1. The maximum atomic E-state index is 11.1. The van der Waals surface area contributed by atoms with Crippen molar-refractivity contribution in [2.75, 3.05) is 0 Å². The molecular formula is C22H36O4. The molecule has 4 nitrogen and oxygen atoms in total. The van der Waals surface area contributed by atoms with Crippen LogP contribution in [0.4, 0.5) is 0 Å². The number of aliphatic hydroxyl groups excluding tert-OH is 1. The Bertz CT molecular complexity index is 490. The first-order chi connectivity index (χ1) is 12.4. The highest BCUT2D eigenvalue weighted by Crippen LogP contribution is 2.33. The Balaban J connectivity index is 2.12. The van der Waals surface area contributed by atoms with E-state index in [0.717, 1.165) is 19.3 Å². The zero-order valence-corrected chi connectivity index (χ0v) is 16.6. The lowest BCUT2D eigenvalue weighted by Gasteiger charge is -2.17. The first-order valence-corrected chi connectivity index (χ1v) is 9.92. The predicted octanol–water partition coefficient (Wildman–Crippen LogP) is 5.03. The molecule has 0 aromatic carbocycles. The first kappa shape index (κ1) is 22.7. The number of carboxylic acids is 1. The molecule has 0 aliphatic carbocycles. The van der Waals surface area contributed by atoms with Gasteiger partial charge in [-0.25, -0.2) is 0 Å². The Kier molecular flexibility index (Phi) is 10.5. The van der Waals surface area contributed by atoms with Crippen LogP contribution in [0.5, 0.6) is 0 Å². The van der Waals surface area contributed by atoms with E-state index in [-0.39, 0.29) is 12.2 Å². The van der Waals surface area contributed by atoms with Crippen LogP contribution >= 0.6 is 0 Å². The number of allylic oxidation sites excluding steroid dienone is 3. The standard InChI is InChI=1S/C22H36O4/c1-4-5-6-7-8-9-10-11-12-13-18(23)14-15-19-20(26-19)16-17-22(2,3)21(24)25/h8-9,11-12,14-15,18-20,23H,4-7,10,13,16-17H2,1-3H3,(H,24,25)/b9-8-,12-11-,15-14+. The lowest BCUT2D eigenvalue weighted by molar-refractivity contribution is -0.147. The quantitative estimate of drug-likeness (QED) is 0.257. The lowest BCUT2D eigenvalue weighted by Crippen LogP contribution is -2.24. The number of ether oxygens (including phenoxy) is 1. The van der Waals surface area contributed by atoms with Crippen molar-refractivity contribution in [2.45, 2.75) is 90.4 Å². The summed E-state index contributed by atoms with van der Waals surface area (Å²) in [4.78, 5) is 11.1. The molecule has 1 fully saturated rings. The number of rotatable bonds is 14.